The van der Waals surface area contributed by atoms with E-state index in [0.29, 0.717) is 43.5 Å². The van der Waals surface area contributed by atoms with Crippen LogP contribution in [0, 0.1) is 12.8 Å². The van der Waals surface area contributed by atoms with Gasteiger partial charge in [0.2, 0.25) is 0 Å². The monoisotopic (exact) mass is 472 g/mol. The molecule has 7 heteroatoms. The van der Waals surface area contributed by atoms with Crippen molar-refractivity contribution in [3.63, 3.8) is 0 Å². The summed E-state index contributed by atoms with van der Waals surface area (Å²) in [5.41, 5.74) is 3.92. The first kappa shape index (κ1) is 24.3. The van der Waals surface area contributed by atoms with E-state index in [1.165, 1.54) is 5.56 Å². The number of piperidine rings is 1. The molecule has 0 spiro atoms. The first-order chi connectivity index (χ1) is 17.1. The molecule has 35 heavy (non-hydrogen) atoms. The number of aryl methyl sites for hydroxylation is 1. The van der Waals surface area contributed by atoms with Gasteiger partial charge in [0, 0.05) is 37.9 Å². The number of aromatic nitrogens is 1. The molecule has 0 unspecified atom stereocenters. The van der Waals surface area contributed by atoms with Crippen LogP contribution in [0.15, 0.2) is 72.9 Å². The molecule has 2 heterocycles. The van der Waals surface area contributed by atoms with Gasteiger partial charge in [0.1, 0.15) is 12.4 Å². The smallest absolute Gasteiger partial charge is 0.410 e. The Kier molecular flexibility index (Phi) is 8.33. The third-order valence-electron chi connectivity index (χ3n) is 6.21. The molecule has 2 amide bonds. The van der Waals surface area contributed by atoms with E-state index in [9.17, 15) is 9.59 Å². The minimum absolute atomic E-state index is 0.115. The topological polar surface area (TPSA) is 83.6 Å². The molecule has 0 radical (unpaired) electrons. The second-order valence-corrected chi connectivity index (χ2v) is 8.95. The summed E-state index contributed by atoms with van der Waals surface area (Å²) >= 11 is 0. The van der Waals surface area contributed by atoms with Gasteiger partial charge in [0.15, 0.2) is 0 Å². The highest BCUT2D eigenvalue weighted by atomic mass is 16.6. The van der Waals surface area contributed by atoms with Gasteiger partial charge in [-0.05, 0) is 48.9 Å². The van der Waals surface area contributed by atoms with Gasteiger partial charge in [-0.2, -0.15) is 0 Å². The Hall–Kier alpha value is -3.87. The highest BCUT2D eigenvalue weighted by molar-refractivity contribution is 5.94. The van der Waals surface area contributed by atoms with Crippen molar-refractivity contribution in [3.8, 4) is 0 Å². The second-order valence-electron chi connectivity index (χ2n) is 8.95. The van der Waals surface area contributed by atoms with Crippen molar-refractivity contribution >= 4 is 17.8 Å². The molecule has 1 aliphatic heterocycles. The summed E-state index contributed by atoms with van der Waals surface area (Å²) in [6.45, 7) is 4.84. The zero-order valence-corrected chi connectivity index (χ0v) is 20.1. The van der Waals surface area contributed by atoms with Gasteiger partial charge < -0.3 is 20.3 Å². The molecule has 0 atom stereocenters. The Morgan fingerprint density at radius 1 is 1.00 bits per heavy atom. The van der Waals surface area contributed by atoms with Gasteiger partial charge >= 0.3 is 6.09 Å². The number of nitrogens with zero attached hydrogens (tertiary/aromatic N) is 2. The number of anilines is 1. The van der Waals surface area contributed by atoms with Crippen LogP contribution in [0.4, 0.5) is 10.6 Å². The number of ether oxygens (including phenoxy) is 1. The zero-order chi connectivity index (χ0) is 24.5. The predicted molar refractivity (Wildman–Crippen MR) is 136 cm³/mol. The van der Waals surface area contributed by atoms with Crippen LogP contribution in [0.25, 0.3) is 0 Å². The van der Waals surface area contributed by atoms with Crippen molar-refractivity contribution in [2.75, 3.05) is 25.0 Å². The van der Waals surface area contributed by atoms with E-state index in [1.807, 2.05) is 36.4 Å². The van der Waals surface area contributed by atoms with Gasteiger partial charge in [0.25, 0.3) is 5.91 Å². The predicted octanol–water partition coefficient (Wildman–Crippen LogP) is 4.78. The van der Waals surface area contributed by atoms with E-state index >= 15 is 0 Å². The Morgan fingerprint density at radius 2 is 1.77 bits per heavy atom. The third-order valence-corrected chi connectivity index (χ3v) is 6.21. The van der Waals surface area contributed by atoms with Crippen LogP contribution >= 0.6 is 0 Å². The molecule has 0 bridgehead atoms. The summed E-state index contributed by atoms with van der Waals surface area (Å²) in [7, 11) is 0. The number of carbonyl (C=O) groups excluding carboxylic acids is 2. The molecule has 1 aliphatic rings. The lowest BCUT2D eigenvalue weighted by molar-refractivity contribution is 0.0801. The fourth-order valence-electron chi connectivity index (χ4n) is 4.15. The van der Waals surface area contributed by atoms with Gasteiger partial charge in [-0.3, -0.25) is 4.79 Å². The number of hydrogen-bond acceptors (Lipinski definition) is 5. The Balaban J connectivity index is 1.18. The van der Waals surface area contributed by atoms with Crippen LogP contribution in [-0.2, 0) is 17.9 Å². The Morgan fingerprint density at radius 3 is 2.54 bits per heavy atom. The van der Waals surface area contributed by atoms with Crippen molar-refractivity contribution in [2.24, 2.45) is 5.92 Å². The van der Waals surface area contributed by atoms with E-state index in [4.69, 9.17) is 4.74 Å². The van der Waals surface area contributed by atoms with E-state index < -0.39 is 0 Å². The van der Waals surface area contributed by atoms with Gasteiger partial charge in [0.05, 0.1) is 0 Å². The average Bonchev–Trinajstić information content (AvgIpc) is 2.90. The number of nitrogens with one attached hydrogen (secondary N) is 2. The lowest BCUT2D eigenvalue weighted by Crippen LogP contribution is -2.41. The molecule has 4 rings (SSSR count). The maximum atomic E-state index is 12.7. The number of carbonyl (C=O) groups is 2. The van der Waals surface area contributed by atoms with Crippen LogP contribution in [0.3, 0.4) is 0 Å². The number of amides is 2. The first-order valence-corrected chi connectivity index (χ1v) is 12.1. The number of hydrogen-bond donors (Lipinski definition) is 2. The van der Waals surface area contributed by atoms with Crippen molar-refractivity contribution in [1.29, 1.82) is 0 Å². The Labute approximate surface area is 206 Å². The first-order valence-electron chi connectivity index (χ1n) is 12.1. The minimum Gasteiger partial charge on any atom is -0.445 e. The molecule has 7 nitrogen and oxygen atoms in total. The summed E-state index contributed by atoms with van der Waals surface area (Å²) in [5, 5.41) is 6.32. The van der Waals surface area contributed by atoms with Crippen molar-refractivity contribution in [2.45, 2.75) is 32.9 Å². The summed E-state index contributed by atoms with van der Waals surface area (Å²) in [6, 6.07) is 21.4. The maximum Gasteiger partial charge on any atom is 0.410 e. The molecule has 1 aromatic heterocycles. The molecule has 2 aromatic carbocycles. The molecule has 182 valence electrons. The second kappa shape index (κ2) is 12.0. The number of likely N-dealkylation sites (tertiary alicyclic amines) is 1. The SMILES string of the molecule is Cc1cccc(CNc2cc(C(=O)NCC3CCN(C(=O)OCc4ccccc4)CC3)ccn2)c1. The third kappa shape index (κ3) is 7.30. The van der Waals surface area contributed by atoms with Crippen molar-refractivity contribution in [3.05, 3.63) is 95.2 Å². The normalized spacial score (nSPS) is 13.8. The van der Waals surface area contributed by atoms with Crippen LogP contribution in [-0.4, -0.2) is 41.5 Å². The molecule has 1 fully saturated rings. The molecule has 0 aliphatic carbocycles. The zero-order valence-electron chi connectivity index (χ0n) is 20.1. The fraction of sp³-hybridized carbons (Fsp3) is 0.321. The molecule has 2 N–H and O–H groups in total. The Bertz CT molecular complexity index is 1130. The molecular formula is C28H32N4O3. The lowest BCUT2D eigenvalue weighted by atomic mass is 9.97. The van der Waals surface area contributed by atoms with Crippen LogP contribution < -0.4 is 10.6 Å². The fourth-order valence-corrected chi connectivity index (χ4v) is 4.15. The highest BCUT2D eigenvalue weighted by Crippen LogP contribution is 2.18. The number of pyridine rings is 1. The summed E-state index contributed by atoms with van der Waals surface area (Å²) < 4.78 is 5.43. The van der Waals surface area contributed by atoms with E-state index in [0.717, 1.165) is 24.0 Å². The van der Waals surface area contributed by atoms with Crippen molar-refractivity contribution in [1.82, 2.24) is 15.2 Å². The van der Waals surface area contributed by atoms with Gasteiger partial charge in [-0.1, -0.05) is 60.2 Å². The van der Waals surface area contributed by atoms with Gasteiger partial charge in [-0.25, -0.2) is 9.78 Å². The average molecular weight is 473 g/mol. The van der Waals surface area contributed by atoms with Gasteiger partial charge in [-0.15, -0.1) is 0 Å². The van der Waals surface area contributed by atoms with Crippen LogP contribution in [0.1, 0.15) is 39.9 Å². The minimum atomic E-state index is -0.279. The van der Waals surface area contributed by atoms with E-state index in [-0.39, 0.29) is 18.6 Å². The molecular weight excluding hydrogens is 440 g/mol. The molecule has 1 saturated heterocycles. The largest absolute Gasteiger partial charge is 0.445 e. The van der Waals surface area contributed by atoms with Crippen LogP contribution in [0.2, 0.25) is 0 Å². The lowest BCUT2D eigenvalue weighted by Gasteiger charge is -2.31. The van der Waals surface area contributed by atoms with Crippen LogP contribution in [0.5, 0.6) is 0 Å². The number of benzene rings is 2. The molecule has 3 aromatic rings. The summed E-state index contributed by atoms with van der Waals surface area (Å²) in [5.74, 6) is 0.884. The summed E-state index contributed by atoms with van der Waals surface area (Å²) in [4.78, 5) is 31.1. The number of rotatable bonds is 8. The molecule has 0 saturated carbocycles. The maximum absolute atomic E-state index is 12.7. The quantitative estimate of drug-likeness (QED) is 0.493. The van der Waals surface area contributed by atoms with E-state index in [2.05, 4.69) is 40.7 Å². The standard InChI is InChI=1S/C28H32N4O3/c1-21-6-5-9-24(16-21)19-30-26-17-25(10-13-29-26)27(33)31-18-22-11-14-32(15-12-22)28(34)35-20-23-7-3-2-4-8-23/h2-10,13,16-17,22H,11-12,14-15,18-20H2,1H3,(H,29,30)(H,31,33). The highest BCUT2D eigenvalue weighted by Gasteiger charge is 2.24. The van der Waals surface area contributed by atoms with E-state index in [1.54, 1.807) is 23.2 Å². The summed E-state index contributed by atoms with van der Waals surface area (Å²) in [6.07, 6.45) is 3.03. The van der Waals surface area contributed by atoms with Crippen molar-refractivity contribution < 1.29 is 14.3 Å².